The number of hydrogen-bond donors (Lipinski definition) is 0. The zero-order valence-electron chi connectivity index (χ0n) is 8.99. The first-order valence-electron chi connectivity index (χ1n) is 5.48. The smallest absolute Gasteiger partial charge is 0.409 e. The Morgan fingerprint density at radius 2 is 1.88 bits per heavy atom. The van der Waals surface area contributed by atoms with E-state index in [-0.39, 0.29) is 6.09 Å². The molecule has 0 bridgehead atoms. The molecule has 2 rings (SSSR count). The zero-order valence-corrected chi connectivity index (χ0v) is 10.6. The number of carbonyl (C=O) groups is 1. The van der Waals surface area contributed by atoms with Crippen LogP contribution in [-0.2, 0) is 0 Å². The minimum atomic E-state index is -0.244. The minimum Gasteiger partial charge on any atom is -0.409 e. The number of likely N-dealkylation sites (tertiary alicyclic amines) is 1. The van der Waals surface area contributed by atoms with Crippen LogP contribution in [0.1, 0.15) is 19.3 Å². The lowest BCUT2D eigenvalue weighted by atomic mass is 10.1. The van der Waals surface area contributed by atoms with E-state index < -0.39 is 0 Å². The van der Waals surface area contributed by atoms with E-state index in [2.05, 4.69) is 15.9 Å². The van der Waals surface area contributed by atoms with Crippen LogP contribution in [0.15, 0.2) is 28.7 Å². The van der Waals surface area contributed by atoms with Gasteiger partial charge in [-0.25, -0.2) is 4.79 Å². The van der Waals surface area contributed by atoms with E-state index in [0.29, 0.717) is 5.75 Å². The number of carbonyl (C=O) groups excluding carboxylic acids is 1. The summed E-state index contributed by atoms with van der Waals surface area (Å²) in [6.07, 6.45) is 3.11. The van der Waals surface area contributed by atoms with Gasteiger partial charge in [-0.3, -0.25) is 0 Å². The van der Waals surface area contributed by atoms with Crippen LogP contribution in [-0.4, -0.2) is 24.1 Å². The fourth-order valence-electron chi connectivity index (χ4n) is 1.76. The second kappa shape index (κ2) is 5.34. The lowest BCUT2D eigenvalue weighted by Crippen LogP contribution is -2.37. The molecule has 0 spiro atoms. The van der Waals surface area contributed by atoms with Gasteiger partial charge in [-0.2, -0.15) is 0 Å². The molecule has 0 aliphatic carbocycles. The second-order valence-electron chi connectivity index (χ2n) is 3.85. The Bertz CT molecular complexity index is 375. The SMILES string of the molecule is O=C(Oc1ccccc1Br)N1CCCCC1. The molecule has 0 saturated carbocycles. The van der Waals surface area contributed by atoms with Gasteiger partial charge in [0.1, 0.15) is 5.75 Å². The maximum atomic E-state index is 11.8. The third-order valence-corrected chi connectivity index (χ3v) is 3.30. The van der Waals surface area contributed by atoms with E-state index in [1.165, 1.54) is 6.42 Å². The van der Waals surface area contributed by atoms with Crippen LogP contribution < -0.4 is 4.74 Å². The molecule has 1 aromatic carbocycles. The van der Waals surface area contributed by atoms with Crippen molar-refractivity contribution in [3.05, 3.63) is 28.7 Å². The van der Waals surface area contributed by atoms with E-state index in [4.69, 9.17) is 4.74 Å². The van der Waals surface area contributed by atoms with Crippen LogP contribution in [0, 0.1) is 0 Å². The van der Waals surface area contributed by atoms with E-state index in [0.717, 1.165) is 30.4 Å². The van der Waals surface area contributed by atoms with Crippen molar-refractivity contribution >= 4 is 22.0 Å². The second-order valence-corrected chi connectivity index (χ2v) is 4.70. The van der Waals surface area contributed by atoms with Crippen LogP contribution in [0.25, 0.3) is 0 Å². The summed E-state index contributed by atoms with van der Waals surface area (Å²) in [6, 6.07) is 7.39. The molecule has 0 unspecified atom stereocenters. The number of amides is 1. The highest BCUT2D eigenvalue weighted by Gasteiger charge is 2.18. The maximum absolute atomic E-state index is 11.8. The van der Waals surface area contributed by atoms with E-state index in [1.807, 2.05) is 18.2 Å². The minimum absolute atomic E-state index is 0.244. The van der Waals surface area contributed by atoms with Crippen LogP contribution in [0.2, 0.25) is 0 Å². The molecule has 1 heterocycles. The van der Waals surface area contributed by atoms with Gasteiger partial charge in [0.25, 0.3) is 0 Å². The van der Waals surface area contributed by atoms with Gasteiger partial charge in [-0.1, -0.05) is 12.1 Å². The first-order valence-corrected chi connectivity index (χ1v) is 6.28. The van der Waals surface area contributed by atoms with Crippen molar-refractivity contribution in [3.8, 4) is 5.75 Å². The Morgan fingerprint density at radius 1 is 1.19 bits per heavy atom. The van der Waals surface area contributed by atoms with Crippen LogP contribution in [0.4, 0.5) is 4.79 Å². The van der Waals surface area contributed by atoms with Gasteiger partial charge < -0.3 is 9.64 Å². The molecule has 1 amide bonds. The lowest BCUT2D eigenvalue weighted by Gasteiger charge is -2.25. The first kappa shape index (κ1) is 11.5. The fraction of sp³-hybridized carbons (Fsp3) is 0.417. The summed E-state index contributed by atoms with van der Waals surface area (Å²) >= 11 is 3.35. The van der Waals surface area contributed by atoms with Crippen molar-refractivity contribution in [2.24, 2.45) is 0 Å². The highest BCUT2D eigenvalue weighted by atomic mass is 79.9. The van der Waals surface area contributed by atoms with E-state index in [1.54, 1.807) is 11.0 Å². The van der Waals surface area contributed by atoms with Gasteiger partial charge in [-0.15, -0.1) is 0 Å². The van der Waals surface area contributed by atoms with E-state index >= 15 is 0 Å². The number of rotatable bonds is 1. The topological polar surface area (TPSA) is 29.5 Å². The Kier molecular flexibility index (Phi) is 3.83. The molecule has 3 nitrogen and oxygen atoms in total. The summed E-state index contributed by atoms with van der Waals surface area (Å²) in [5.41, 5.74) is 0. The molecular weight excluding hydrogens is 270 g/mol. The largest absolute Gasteiger partial charge is 0.415 e. The average molecular weight is 284 g/mol. The van der Waals surface area contributed by atoms with Crippen molar-refractivity contribution in [1.82, 2.24) is 4.90 Å². The lowest BCUT2D eigenvalue weighted by molar-refractivity contribution is 0.142. The molecule has 4 heteroatoms. The first-order chi connectivity index (χ1) is 7.77. The van der Waals surface area contributed by atoms with Crippen molar-refractivity contribution in [1.29, 1.82) is 0 Å². The molecule has 0 N–H and O–H groups in total. The molecule has 86 valence electrons. The molecular formula is C12H14BrNO2. The number of piperidine rings is 1. The normalized spacial score (nSPS) is 15.9. The third-order valence-electron chi connectivity index (χ3n) is 2.65. The maximum Gasteiger partial charge on any atom is 0.415 e. The summed E-state index contributed by atoms with van der Waals surface area (Å²) in [4.78, 5) is 13.6. The summed E-state index contributed by atoms with van der Waals surface area (Å²) in [5.74, 6) is 0.582. The van der Waals surface area contributed by atoms with Gasteiger partial charge in [0.05, 0.1) is 4.47 Å². The van der Waals surface area contributed by atoms with E-state index in [9.17, 15) is 4.79 Å². The Morgan fingerprint density at radius 3 is 2.56 bits per heavy atom. The Hall–Kier alpha value is -1.03. The summed E-state index contributed by atoms with van der Waals surface area (Å²) < 4.78 is 6.13. The predicted octanol–water partition coefficient (Wildman–Crippen LogP) is 3.43. The number of benzene rings is 1. The summed E-state index contributed by atoms with van der Waals surface area (Å²) in [7, 11) is 0. The molecule has 0 atom stereocenters. The van der Waals surface area contributed by atoms with Crippen LogP contribution in [0.5, 0.6) is 5.75 Å². The van der Waals surface area contributed by atoms with Crippen molar-refractivity contribution in [3.63, 3.8) is 0 Å². The monoisotopic (exact) mass is 283 g/mol. The zero-order chi connectivity index (χ0) is 11.4. The van der Waals surface area contributed by atoms with Crippen molar-refractivity contribution in [2.75, 3.05) is 13.1 Å². The van der Waals surface area contributed by atoms with Gasteiger partial charge in [0.15, 0.2) is 0 Å². The van der Waals surface area contributed by atoms with Gasteiger partial charge >= 0.3 is 6.09 Å². The number of halogens is 1. The summed E-state index contributed by atoms with van der Waals surface area (Å²) in [5, 5.41) is 0. The number of nitrogens with zero attached hydrogens (tertiary/aromatic N) is 1. The predicted molar refractivity (Wildman–Crippen MR) is 65.6 cm³/mol. The average Bonchev–Trinajstić information content (AvgIpc) is 2.33. The molecule has 1 aliphatic heterocycles. The number of hydrogen-bond acceptors (Lipinski definition) is 2. The third kappa shape index (κ3) is 2.76. The highest BCUT2D eigenvalue weighted by Crippen LogP contribution is 2.24. The van der Waals surface area contributed by atoms with Crippen molar-refractivity contribution < 1.29 is 9.53 Å². The highest BCUT2D eigenvalue weighted by molar-refractivity contribution is 9.10. The number of para-hydroxylation sites is 1. The van der Waals surface area contributed by atoms with Gasteiger partial charge in [0.2, 0.25) is 0 Å². The molecule has 1 saturated heterocycles. The Labute approximate surface area is 104 Å². The van der Waals surface area contributed by atoms with Gasteiger partial charge in [-0.05, 0) is 47.3 Å². The number of ether oxygens (including phenoxy) is 1. The molecule has 1 aliphatic rings. The quantitative estimate of drug-likeness (QED) is 0.790. The summed E-state index contributed by atoms with van der Waals surface area (Å²) in [6.45, 7) is 1.62. The molecule has 1 fully saturated rings. The van der Waals surface area contributed by atoms with Gasteiger partial charge in [0, 0.05) is 13.1 Å². The molecule has 0 radical (unpaired) electrons. The standard InChI is InChI=1S/C12H14BrNO2/c13-10-6-2-3-7-11(10)16-12(15)14-8-4-1-5-9-14/h2-3,6-7H,1,4-5,8-9H2. The molecule has 1 aromatic rings. The fourth-order valence-corrected chi connectivity index (χ4v) is 2.13. The molecule has 0 aromatic heterocycles. The van der Waals surface area contributed by atoms with Crippen molar-refractivity contribution in [2.45, 2.75) is 19.3 Å². The molecule has 16 heavy (non-hydrogen) atoms. The Balaban J connectivity index is 1.99. The van der Waals surface area contributed by atoms with Crippen LogP contribution >= 0.6 is 15.9 Å². The van der Waals surface area contributed by atoms with Crippen LogP contribution in [0.3, 0.4) is 0 Å².